The highest BCUT2D eigenvalue weighted by Gasteiger charge is 2.35. The number of rotatable bonds is 3. The number of aromatic nitrogens is 2. The lowest BCUT2D eigenvalue weighted by atomic mass is 9.79. The van der Waals surface area contributed by atoms with Gasteiger partial charge in [-0.1, -0.05) is 29.6 Å². The maximum Gasteiger partial charge on any atom is 0.416 e. The molecule has 25 heavy (non-hydrogen) atoms. The van der Waals surface area contributed by atoms with Crippen LogP contribution in [0.25, 0.3) is 11.3 Å². The zero-order valence-electron chi connectivity index (χ0n) is 12.5. The minimum atomic E-state index is -4.61. The number of nitrogens with zero attached hydrogens (tertiary/aromatic N) is 2. The van der Waals surface area contributed by atoms with Gasteiger partial charge >= 0.3 is 6.18 Å². The molecule has 0 atom stereocenters. The topological polar surface area (TPSA) is 69.5 Å². The molecular formula is C16H10Cl2F3N3O. The highest BCUT2D eigenvalue weighted by atomic mass is 35.5. The van der Waals surface area contributed by atoms with Crippen molar-refractivity contribution in [2.75, 3.05) is 0 Å². The predicted octanol–water partition coefficient (Wildman–Crippen LogP) is 5.26. The SMILES string of the molecule is N#Cc1n[nH]c(-c2c(Cl)cc(C(F)(F)F)cc2Cl)c1C(=O)C1CCC1. The van der Waals surface area contributed by atoms with E-state index in [-0.39, 0.29) is 44.3 Å². The number of aromatic amines is 1. The van der Waals surface area contributed by atoms with Gasteiger partial charge in [0.15, 0.2) is 11.5 Å². The Hall–Kier alpha value is -2.04. The number of hydrogen-bond acceptors (Lipinski definition) is 3. The van der Waals surface area contributed by atoms with Crippen LogP contribution in [0.15, 0.2) is 12.1 Å². The van der Waals surface area contributed by atoms with E-state index in [9.17, 15) is 23.2 Å². The Bertz CT molecular complexity index is 872. The van der Waals surface area contributed by atoms with Gasteiger partial charge in [0, 0.05) is 11.5 Å². The van der Waals surface area contributed by atoms with Crippen LogP contribution < -0.4 is 0 Å². The summed E-state index contributed by atoms with van der Waals surface area (Å²) in [7, 11) is 0. The fraction of sp³-hybridized carbons (Fsp3) is 0.312. The smallest absolute Gasteiger partial charge is 0.294 e. The second-order valence-electron chi connectivity index (χ2n) is 5.74. The molecule has 1 aromatic heterocycles. The molecule has 3 rings (SSSR count). The minimum absolute atomic E-state index is 0.0213. The number of alkyl halides is 3. The molecule has 1 heterocycles. The Labute approximate surface area is 150 Å². The van der Waals surface area contributed by atoms with E-state index in [1.54, 1.807) is 0 Å². The summed E-state index contributed by atoms with van der Waals surface area (Å²) >= 11 is 12.0. The first kappa shape index (κ1) is 17.8. The number of H-pyrrole nitrogens is 1. The van der Waals surface area contributed by atoms with E-state index in [4.69, 9.17) is 23.2 Å². The molecule has 130 valence electrons. The number of hydrogen-bond donors (Lipinski definition) is 1. The van der Waals surface area contributed by atoms with Crippen LogP contribution in [0.1, 0.15) is 40.9 Å². The molecule has 1 fully saturated rings. The molecule has 1 aliphatic carbocycles. The first-order valence-corrected chi connectivity index (χ1v) is 8.09. The van der Waals surface area contributed by atoms with E-state index in [1.807, 2.05) is 6.07 Å². The van der Waals surface area contributed by atoms with Crippen molar-refractivity contribution in [3.63, 3.8) is 0 Å². The van der Waals surface area contributed by atoms with Gasteiger partial charge in [-0.2, -0.15) is 23.5 Å². The van der Waals surface area contributed by atoms with Gasteiger partial charge in [-0.15, -0.1) is 0 Å². The van der Waals surface area contributed by atoms with Crippen LogP contribution in [-0.2, 0) is 6.18 Å². The Morgan fingerprint density at radius 3 is 2.32 bits per heavy atom. The summed E-state index contributed by atoms with van der Waals surface area (Å²) in [4.78, 5) is 12.6. The third kappa shape index (κ3) is 3.12. The van der Waals surface area contributed by atoms with Crippen LogP contribution in [0.5, 0.6) is 0 Å². The van der Waals surface area contributed by atoms with Gasteiger partial charge in [0.2, 0.25) is 0 Å². The summed E-state index contributed by atoms with van der Waals surface area (Å²) in [5.41, 5.74) is -1.02. The van der Waals surface area contributed by atoms with Crippen molar-refractivity contribution in [2.24, 2.45) is 5.92 Å². The van der Waals surface area contributed by atoms with Gasteiger partial charge < -0.3 is 0 Å². The molecule has 1 N–H and O–H groups in total. The monoisotopic (exact) mass is 387 g/mol. The number of ketones is 1. The molecule has 4 nitrogen and oxygen atoms in total. The second-order valence-corrected chi connectivity index (χ2v) is 6.55. The average molecular weight is 388 g/mol. The average Bonchev–Trinajstić information content (AvgIpc) is 2.87. The van der Waals surface area contributed by atoms with Gasteiger partial charge in [-0.25, -0.2) is 0 Å². The summed E-state index contributed by atoms with van der Waals surface area (Å²) in [6, 6.07) is 3.27. The van der Waals surface area contributed by atoms with E-state index < -0.39 is 11.7 Å². The quantitative estimate of drug-likeness (QED) is 0.730. The van der Waals surface area contributed by atoms with Crippen LogP contribution in [0.4, 0.5) is 13.2 Å². The summed E-state index contributed by atoms with van der Waals surface area (Å²) in [6.45, 7) is 0. The third-order valence-electron chi connectivity index (χ3n) is 4.21. The largest absolute Gasteiger partial charge is 0.416 e. The van der Waals surface area contributed by atoms with Gasteiger partial charge in [-0.3, -0.25) is 9.89 Å². The normalized spacial score (nSPS) is 14.9. The van der Waals surface area contributed by atoms with Gasteiger partial charge in [0.1, 0.15) is 6.07 Å². The van der Waals surface area contributed by atoms with Crippen LogP contribution in [0, 0.1) is 17.2 Å². The van der Waals surface area contributed by atoms with Crippen molar-refractivity contribution in [1.82, 2.24) is 10.2 Å². The molecule has 1 aromatic carbocycles. The molecule has 0 unspecified atom stereocenters. The fourth-order valence-corrected chi connectivity index (χ4v) is 3.37. The van der Waals surface area contributed by atoms with E-state index in [0.717, 1.165) is 18.6 Å². The number of nitrogens with one attached hydrogen (secondary N) is 1. The Morgan fingerprint density at radius 2 is 1.88 bits per heavy atom. The molecule has 0 amide bonds. The van der Waals surface area contributed by atoms with Crippen molar-refractivity contribution in [3.8, 4) is 17.3 Å². The fourth-order valence-electron chi connectivity index (χ4n) is 2.69. The number of benzene rings is 1. The molecule has 0 saturated heterocycles. The molecule has 2 aromatic rings. The molecule has 0 radical (unpaired) electrons. The Morgan fingerprint density at radius 1 is 1.28 bits per heavy atom. The predicted molar refractivity (Wildman–Crippen MR) is 85.4 cm³/mol. The first-order chi connectivity index (χ1) is 11.7. The Kier molecular flexibility index (Phi) is 4.52. The lowest BCUT2D eigenvalue weighted by Crippen LogP contribution is -2.23. The summed E-state index contributed by atoms with van der Waals surface area (Å²) in [5.74, 6) is -0.506. The maximum atomic E-state index is 12.9. The zero-order chi connectivity index (χ0) is 18.4. The van der Waals surface area contributed by atoms with Gasteiger partial charge in [0.05, 0.1) is 26.9 Å². The zero-order valence-corrected chi connectivity index (χ0v) is 14.1. The van der Waals surface area contributed by atoms with Crippen molar-refractivity contribution < 1.29 is 18.0 Å². The molecule has 1 aliphatic rings. The molecule has 0 bridgehead atoms. The van der Waals surface area contributed by atoms with Crippen LogP contribution in [-0.4, -0.2) is 16.0 Å². The van der Waals surface area contributed by atoms with Crippen molar-refractivity contribution in [2.45, 2.75) is 25.4 Å². The minimum Gasteiger partial charge on any atom is -0.294 e. The lowest BCUT2D eigenvalue weighted by Gasteiger charge is -2.24. The van der Waals surface area contributed by atoms with E-state index in [2.05, 4.69) is 10.2 Å². The van der Waals surface area contributed by atoms with Crippen LogP contribution in [0.3, 0.4) is 0 Å². The third-order valence-corrected chi connectivity index (χ3v) is 4.81. The first-order valence-electron chi connectivity index (χ1n) is 7.33. The summed E-state index contributed by atoms with van der Waals surface area (Å²) in [5, 5.41) is 14.9. The van der Waals surface area contributed by atoms with Crippen LogP contribution >= 0.6 is 23.2 Å². The second kappa shape index (κ2) is 6.36. The maximum absolute atomic E-state index is 12.9. The molecule has 1 saturated carbocycles. The lowest BCUT2D eigenvalue weighted by molar-refractivity contribution is -0.137. The molecule has 0 spiro atoms. The molecule has 0 aliphatic heterocycles. The van der Waals surface area contributed by atoms with Gasteiger partial charge in [-0.05, 0) is 25.0 Å². The van der Waals surface area contributed by atoms with E-state index in [0.29, 0.717) is 12.8 Å². The summed E-state index contributed by atoms with van der Waals surface area (Å²) in [6.07, 6.45) is -2.30. The summed E-state index contributed by atoms with van der Waals surface area (Å²) < 4.78 is 38.6. The van der Waals surface area contributed by atoms with Crippen molar-refractivity contribution >= 4 is 29.0 Å². The van der Waals surface area contributed by atoms with Crippen molar-refractivity contribution in [1.29, 1.82) is 5.26 Å². The number of halogens is 5. The number of nitriles is 1. The van der Waals surface area contributed by atoms with E-state index >= 15 is 0 Å². The number of carbonyl (C=O) groups excluding carboxylic acids is 1. The van der Waals surface area contributed by atoms with E-state index in [1.165, 1.54) is 0 Å². The molecular weight excluding hydrogens is 378 g/mol. The standard InChI is InChI=1S/C16H10Cl2F3N3O/c17-9-4-8(16(19,20)21)5-10(18)12(9)14-13(11(6-22)23-24-14)15(25)7-2-1-3-7/h4-5,7H,1-3H2,(H,23,24). The highest BCUT2D eigenvalue weighted by molar-refractivity contribution is 6.39. The highest BCUT2D eigenvalue weighted by Crippen LogP contribution is 2.42. The van der Waals surface area contributed by atoms with Gasteiger partial charge in [0.25, 0.3) is 0 Å². The molecule has 9 heteroatoms. The van der Waals surface area contributed by atoms with Crippen LogP contribution in [0.2, 0.25) is 10.0 Å². The Balaban J connectivity index is 2.16. The number of Topliss-reactive ketones (excluding diaryl/α,β-unsaturated/α-hetero) is 1. The number of carbonyl (C=O) groups is 1. The van der Waals surface area contributed by atoms with Crippen molar-refractivity contribution in [3.05, 3.63) is 39.0 Å².